The van der Waals surface area contributed by atoms with E-state index in [1.54, 1.807) is 0 Å². The third-order valence-corrected chi connectivity index (χ3v) is 37.3. The molecule has 3 aliphatic rings. The van der Waals surface area contributed by atoms with E-state index in [9.17, 15) is 0 Å². The molecule has 132 heavy (non-hydrogen) atoms. The minimum Gasteiger partial charge on any atom is -0.260 e. The van der Waals surface area contributed by atoms with Crippen molar-refractivity contribution in [2.45, 2.75) is 93.8 Å². The number of hydrogen-bond acceptors (Lipinski definition) is 12. The van der Waals surface area contributed by atoms with Crippen LogP contribution < -0.4 is 20.7 Å². The average molecular weight is 1760 g/mol. The van der Waals surface area contributed by atoms with Crippen LogP contribution in [0.5, 0.6) is 0 Å². The van der Waals surface area contributed by atoms with E-state index in [0.29, 0.717) is 36.7 Å². The molecule has 0 saturated heterocycles. The third-order valence-electron chi connectivity index (χ3n) is 27.3. The number of hydrogen-bond donors (Lipinski definition) is 0. The Morgan fingerprint density at radius 1 is 0.227 bits per heavy atom. The van der Waals surface area contributed by atoms with E-state index in [4.69, 9.17) is 59.8 Å². The van der Waals surface area contributed by atoms with Crippen molar-refractivity contribution in [3.8, 4) is 169 Å². The van der Waals surface area contributed by atoms with Gasteiger partial charge in [0.05, 0.1) is 51.2 Å². The van der Waals surface area contributed by atoms with Gasteiger partial charge >= 0.3 is 0 Å². The molecular weight excluding hydrogens is 1660 g/mol. The van der Waals surface area contributed by atoms with Gasteiger partial charge in [0.15, 0.2) is 17.5 Å². The van der Waals surface area contributed by atoms with E-state index in [1.165, 1.54) is 30.5 Å². The predicted molar refractivity (Wildman–Crippen MR) is 547 cm³/mol. The first-order valence-electron chi connectivity index (χ1n) is 45.6. The van der Waals surface area contributed by atoms with Crippen LogP contribution in [-0.4, -0.2) is 88.5 Å². The molecule has 19 aromatic rings. The molecule has 0 amide bonds. The van der Waals surface area contributed by atoms with E-state index in [2.05, 4.69) is 406 Å². The summed E-state index contributed by atoms with van der Waals surface area (Å²) in [6.45, 7) is 16.9. The van der Waals surface area contributed by atoms with Crippen LogP contribution in [0.2, 0.25) is 26.2 Å². The normalized spacial score (nSPS) is 14.2. The molecule has 0 radical (unpaired) electrons. The molecule has 10 aromatic carbocycles. The molecule has 0 N–H and O–H groups in total. The van der Waals surface area contributed by atoms with E-state index in [-0.39, 0.29) is 17.8 Å². The topological polar surface area (TPSA) is 155 Å². The Labute approximate surface area is 774 Å². The fraction of sp³-hybridized carbons (Fsp3) is 0.128. The molecule has 0 fully saturated rings. The maximum Gasteiger partial charge on any atom is 0.160 e. The van der Waals surface area contributed by atoms with Gasteiger partial charge < -0.3 is 0 Å². The molecule has 12 heterocycles. The van der Waals surface area contributed by atoms with Crippen LogP contribution in [0.3, 0.4) is 0 Å². The largest absolute Gasteiger partial charge is 0.260 e. The van der Waals surface area contributed by atoms with Gasteiger partial charge in [0.1, 0.15) is 16.1 Å². The van der Waals surface area contributed by atoms with Crippen molar-refractivity contribution in [3.05, 3.63) is 399 Å². The van der Waals surface area contributed by atoms with Gasteiger partial charge in [-0.15, -0.1) is 0 Å². The molecule has 3 unspecified atom stereocenters. The van der Waals surface area contributed by atoms with Crippen molar-refractivity contribution in [2.75, 3.05) is 12.5 Å². The highest BCUT2D eigenvalue weighted by Crippen LogP contribution is 2.68. The molecule has 15 heteroatoms. The number of nitrogens with zero attached hydrogens (tertiary/aromatic N) is 12. The zero-order chi connectivity index (χ0) is 89.5. The summed E-state index contributed by atoms with van der Waals surface area (Å²) in [4.78, 5) is 67.9. The summed E-state index contributed by atoms with van der Waals surface area (Å²) >= 11 is 0. The molecule has 0 saturated carbocycles. The highest BCUT2D eigenvalue weighted by atomic mass is 32.3. The van der Waals surface area contributed by atoms with Gasteiger partial charge in [-0.2, -0.15) is 10.0 Å². The molecule has 12 nitrogen and oxygen atoms in total. The lowest BCUT2D eigenvalue weighted by molar-refractivity contribution is 0.725. The molecular formula is C117H96N12SSi2. The second-order valence-electron chi connectivity index (χ2n) is 36.9. The first-order chi connectivity index (χ1) is 64.4. The molecule has 3 atom stereocenters. The zero-order valence-corrected chi connectivity index (χ0v) is 78.1. The Morgan fingerprint density at radius 2 is 0.439 bits per heavy atom. The maximum atomic E-state index is 5.52. The van der Waals surface area contributed by atoms with E-state index >= 15 is 0 Å². The van der Waals surface area contributed by atoms with Gasteiger partial charge in [-0.05, 0) is 107 Å². The lowest BCUT2D eigenvalue weighted by atomic mass is 9.90. The van der Waals surface area contributed by atoms with Crippen LogP contribution in [-0.2, 0) is 19.3 Å². The van der Waals surface area contributed by atoms with Gasteiger partial charge in [0, 0.05) is 199 Å². The number of fused-ring (bicyclic) bond motifs is 9. The van der Waals surface area contributed by atoms with Crippen LogP contribution in [0, 0.1) is 0 Å². The Morgan fingerprint density at radius 3 is 0.712 bits per heavy atom. The van der Waals surface area contributed by atoms with Crippen LogP contribution in [0.1, 0.15) is 72.3 Å². The molecule has 9 aromatic heterocycles. The minimum atomic E-state index is -2.46. The smallest absolute Gasteiger partial charge is 0.160 e. The Balaban J connectivity index is 0.619. The SMILES string of the molecule is CC(Cc1c(-c2ccccc2)nc(-c2ccccc2)nc1-c1ccccc1)c1cc2c(cn1)-c1cnc(-c3cc(-c4cc5c(cn4)-c4cnc(C(C)Cc6c(-c7ccccc7)nc(-c7ccccc7)nc6-c6ccccc6)cc4[Si]5(C)C)cc(-c4cc5c(cn4)-c4cnc(C(C)Cc6c(-c7ccccc7)nc(-c7ccccc7)nc6-c6ccccc6)cc4S5(C)C)c3)cc1[Si]2(C)C. The maximum absolute atomic E-state index is 5.52. The van der Waals surface area contributed by atoms with Gasteiger partial charge in [0.25, 0.3) is 0 Å². The summed E-state index contributed by atoms with van der Waals surface area (Å²) in [7, 11) is -6.57. The van der Waals surface area contributed by atoms with Gasteiger partial charge in [0.2, 0.25) is 0 Å². The van der Waals surface area contributed by atoms with Gasteiger partial charge in [-0.1, -0.05) is 320 Å². The first kappa shape index (κ1) is 82.8. The summed E-state index contributed by atoms with van der Waals surface area (Å²) < 4.78 is 0. The second kappa shape index (κ2) is 33.9. The zero-order valence-electron chi connectivity index (χ0n) is 75.3. The van der Waals surface area contributed by atoms with Crippen molar-refractivity contribution < 1.29 is 0 Å². The van der Waals surface area contributed by atoms with Crippen molar-refractivity contribution in [3.63, 3.8) is 0 Å². The lowest BCUT2D eigenvalue weighted by Crippen LogP contribution is -2.49. The van der Waals surface area contributed by atoms with E-state index in [0.717, 1.165) is 185 Å². The Kier molecular flexibility index (Phi) is 21.3. The lowest BCUT2D eigenvalue weighted by Gasteiger charge is -2.29. The van der Waals surface area contributed by atoms with Crippen LogP contribution in [0.4, 0.5) is 0 Å². The summed E-state index contributed by atoms with van der Waals surface area (Å²) in [5.74, 6) is 2.11. The summed E-state index contributed by atoms with van der Waals surface area (Å²) in [5, 5.41) is 5.38. The Bertz CT molecular complexity index is 6750. The first-order valence-corrected chi connectivity index (χ1v) is 54.0. The van der Waals surface area contributed by atoms with E-state index in [1.807, 2.05) is 18.2 Å². The van der Waals surface area contributed by atoms with E-state index < -0.39 is 26.2 Å². The van der Waals surface area contributed by atoms with Gasteiger partial charge in [-0.25, -0.2) is 29.9 Å². The molecule has 638 valence electrons. The van der Waals surface area contributed by atoms with Gasteiger partial charge in [-0.3, -0.25) is 29.9 Å². The van der Waals surface area contributed by atoms with Crippen molar-refractivity contribution in [2.24, 2.45) is 0 Å². The second-order valence-corrected chi connectivity index (χ2v) is 49.1. The fourth-order valence-electron chi connectivity index (χ4n) is 20.1. The van der Waals surface area contributed by atoms with Crippen LogP contribution in [0.25, 0.3) is 169 Å². The van der Waals surface area contributed by atoms with Crippen LogP contribution >= 0.6 is 10.0 Å². The number of rotatable bonds is 21. The molecule has 3 aliphatic heterocycles. The third kappa shape index (κ3) is 15.1. The quantitative estimate of drug-likeness (QED) is 0.0629. The van der Waals surface area contributed by atoms with Crippen molar-refractivity contribution in [1.29, 1.82) is 0 Å². The number of benzene rings is 10. The Hall–Kier alpha value is -14.9. The highest BCUT2D eigenvalue weighted by Gasteiger charge is 2.42. The fourth-order valence-corrected chi connectivity index (χ4v) is 28.7. The molecule has 0 bridgehead atoms. The number of pyridine rings is 6. The summed E-state index contributed by atoms with van der Waals surface area (Å²) in [5.41, 5.74) is 33.7. The van der Waals surface area contributed by atoms with Crippen LogP contribution in [0.15, 0.2) is 375 Å². The highest BCUT2D eigenvalue weighted by molar-refractivity contribution is 8.33. The van der Waals surface area contributed by atoms with Crippen molar-refractivity contribution in [1.82, 2.24) is 59.8 Å². The number of aromatic nitrogens is 12. The average Bonchev–Trinajstić information content (AvgIpc) is 1.58. The standard InChI is InChI=1S/C117H96N12SSi2/c1-73(55-88-109(76-37-19-10-20-38-76)124-115(82-49-31-16-32-50-82)125-110(88)77-39-21-11-22-40-77)97-61-103-91(67-118-97)92-68-121-100(62-104(92)130(103,4)5)85-58-86(101-65-107-95(71-122-101)93-69-119-98(63-105(93)131(107,6)7)74(2)56-89-111(78-41-23-12-24-42-78)126-116(83-51-33-17-34-52-83)127-112(89)79-43-25-13-26-44-79)60-87(59-85)102-66-108-96(72-123-102)94-70-120-99(64-106(94)132(108,8)9)75(3)57-90-113(80-45-27-14-28-46-80)128-117(84-53-35-18-36-54-84)129-114(90)81-47-29-15-30-48-81/h10-54,58-75H,55-57H2,1-9H3. The molecule has 0 spiro atoms. The van der Waals surface area contributed by atoms with Crippen molar-refractivity contribution >= 4 is 46.9 Å². The molecule has 22 rings (SSSR count). The summed E-state index contributed by atoms with van der Waals surface area (Å²) in [6, 6.07) is 116. The summed E-state index contributed by atoms with van der Waals surface area (Å²) in [6.07, 6.45) is 19.6. The predicted octanol–water partition coefficient (Wildman–Crippen LogP) is 25.5. The molecule has 0 aliphatic carbocycles. The minimum absolute atomic E-state index is 0.000169. The monoisotopic (exact) mass is 1760 g/mol.